The van der Waals surface area contributed by atoms with E-state index in [1.807, 2.05) is 0 Å². The Balaban J connectivity index is 2.37. The lowest BCUT2D eigenvalue weighted by Gasteiger charge is -2.14. The van der Waals surface area contributed by atoms with Crippen molar-refractivity contribution in [3.8, 4) is 5.69 Å². The number of carbonyl (C=O) groups excluding carboxylic acids is 1. The first-order chi connectivity index (χ1) is 11.4. The molecule has 5 nitrogen and oxygen atoms in total. The molecule has 1 heterocycles. The molecule has 0 radical (unpaired) electrons. The largest absolute Gasteiger partial charge is 0.434 e. The van der Waals surface area contributed by atoms with E-state index in [0.717, 1.165) is 10.9 Å². The van der Waals surface area contributed by atoms with Crippen LogP contribution in [0.4, 0.5) is 13.2 Å². The van der Waals surface area contributed by atoms with Gasteiger partial charge in [-0.3, -0.25) is 4.79 Å². The predicted molar refractivity (Wildman–Crippen MR) is 83.9 cm³/mol. The highest BCUT2D eigenvalue weighted by Crippen LogP contribution is 2.34. The molecule has 1 amide bonds. The van der Waals surface area contributed by atoms with Gasteiger partial charge in [-0.2, -0.15) is 18.3 Å². The molecule has 0 bridgehead atoms. The van der Waals surface area contributed by atoms with Gasteiger partial charge in [0.15, 0.2) is 5.69 Å². The molecule has 1 aromatic carbocycles. The van der Waals surface area contributed by atoms with Crippen molar-refractivity contribution in [3.05, 3.63) is 47.3 Å². The fraction of sp³-hybridized carbons (Fsp3) is 0.375. The number of benzene rings is 1. The molecule has 0 aliphatic heterocycles. The molecule has 0 atom stereocenters. The Bertz CT molecular complexity index is 710. The van der Waals surface area contributed by atoms with E-state index in [-0.39, 0.29) is 12.2 Å². The van der Waals surface area contributed by atoms with Gasteiger partial charge in [-0.25, -0.2) is 4.68 Å². The summed E-state index contributed by atoms with van der Waals surface area (Å²) in [6, 6.07) is 6.56. The van der Waals surface area contributed by atoms with E-state index in [9.17, 15) is 18.0 Å². The Hall–Kier alpha value is -2.35. The maximum atomic E-state index is 13.5. The summed E-state index contributed by atoms with van der Waals surface area (Å²) >= 11 is 0. The number of aromatic nitrogens is 2. The van der Waals surface area contributed by atoms with Crippen LogP contribution in [0.5, 0.6) is 0 Å². The van der Waals surface area contributed by atoms with Gasteiger partial charge in [0.05, 0.1) is 17.4 Å². The summed E-state index contributed by atoms with van der Waals surface area (Å²) in [5, 5.41) is 6.27. The van der Waals surface area contributed by atoms with Gasteiger partial charge >= 0.3 is 6.18 Å². The first-order valence-corrected chi connectivity index (χ1v) is 7.55. The summed E-state index contributed by atoms with van der Waals surface area (Å²) < 4.78 is 41.3. The van der Waals surface area contributed by atoms with Crippen LogP contribution >= 0.6 is 0 Å². The van der Waals surface area contributed by atoms with Crippen LogP contribution in [-0.2, 0) is 6.18 Å². The van der Waals surface area contributed by atoms with Crippen LogP contribution in [0.3, 0.4) is 0 Å². The number of nitrogens with one attached hydrogen (secondary N) is 1. The third-order valence-electron chi connectivity index (χ3n) is 3.54. The average molecular weight is 340 g/mol. The first-order valence-electron chi connectivity index (χ1n) is 7.55. The Labute approximate surface area is 137 Å². The van der Waals surface area contributed by atoms with Crippen molar-refractivity contribution >= 4 is 5.91 Å². The summed E-state index contributed by atoms with van der Waals surface area (Å²) in [6.07, 6.45) is -2.46. The quantitative estimate of drug-likeness (QED) is 0.794. The molecule has 0 saturated carbocycles. The van der Waals surface area contributed by atoms with Crippen molar-refractivity contribution in [2.75, 3.05) is 13.1 Å². The van der Waals surface area contributed by atoms with Crippen LogP contribution < -0.4 is 11.1 Å². The van der Waals surface area contributed by atoms with Crippen molar-refractivity contribution in [3.63, 3.8) is 0 Å². The highest BCUT2D eigenvalue weighted by atomic mass is 19.4. The molecule has 0 spiro atoms. The molecule has 0 unspecified atom stereocenters. The second kappa shape index (κ2) is 7.48. The summed E-state index contributed by atoms with van der Waals surface area (Å²) in [6.45, 7) is 2.42. The summed E-state index contributed by atoms with van der Waals surface area (Å²) in [7, 11) is 0. The topological polar surface area (TPSA) is 72.9 Å². The minimum Gasteiger partial charge on any atom is -0.352 e. The Morgan fingerprint density at radius 3 is 2.62 bits per heavy atom. The predicted octanol–water partition coefficient (Wildman–Crippen LogP) is 2.67. The fourth-order valence-corrected chi connectivity index (χ4v) is 2.34. The van der Waals surface area contributed by atoms with Gasteiger partial charge in [0, 0.05) is 6.54 Å². The highest BCUT2D eigenvalue weighted by Gasteiger charge is 2.40. The van der Waals surface area contributed by atoms with Crippen molar-refractivity contribution in [2.45, 2.75) is 25.9 Å². The molecule has 0 aliphatic carbocycles. The van der Waals surface area contributed by atoms with E-state index in [1.165, 1.54) is 6.07 Å². The molecule has 2 rings (SSSR count). The van der Waals surface area contributed by atoms with Gasteiger partial charge in [0.25, 0.3) is 5.91 Å². The molecule has 0 aliphatic rings. The molecule has 0 fully saturated rings. The van der Waals surface area contributed by atoms with Crippen LogP contribution in [0.15, 0.2) is 30.5 Å². The second-order valence-electron chi connectivity index (χ2n) is 5.35. The van der Waals surface area contributed by atoms with Crippen LogP contribution in [0.25, 0.3) is 5.69 Å². The standard InChI is InChI=1S/C16H19F3N4O/c1-11-6-2-3-7-13(11)23-14(16(17,18)19)12(10-22-23)15(24)21-9-5-4-8-20/h2-3,6-7,10H,4-5,8-9,20H2,1H3,(H,21,24). The minimum atomic E-state index is -4.71. The molecule has 24 heavy (non-hydrogen) atoms. The number of aryl methyl sites for hydroxylation is 1. The van der Waals surface area contributed by atoms with E-state index in [0.29, 0.717) is 24.9 Å². The first kappa shape index (κ1) is 18.0. The number of nitrogens with two attached hydrogens (primary N) is 1. The number of alkyl halides is 3. The normalized spacial score (nSPS) is 11.5. The lowest BCUT2D eigenvalue weighted by atomic mass is 10.1. The maximum Gasteiger partial charge on any atom is 0.434 e. The Morgan fingerprint density at radius 2 is 2.00 bits per heavy atom. The molecule has 130 valence electrons. The Morgan fingerprint density at radius 1 is 1.29 bits per heavy atom. The lowest BCUT2D eigenvalue weighted by Crippen LogP contribution is -2.27. The van der Waals surface area contributed by atoms with Crippen molar-refractivity contribution < 1.29 is 18.0 Å². The van der Waals surface area contributed by atoms with E-state index >= 15 is 0 Å². The number of amides is 1. The third-order valence-corrected chi connectivity index (χ3v) is 3.54. The smallest absolute Gasteiger partial charge is 0.352 e. The number of para-hydroxylation sites is 1. The van der Waals surface area contributed by atoms with Crippen molar-refractivity contribution in [2.24, 2.45) is 5.73 Å². The Kier molecular flexibility index (Phi) is 5.61. The van der Waals surface area contributed by atoms with Gasteiger partial charge in [-0.15, -0.1) is 0 Å². The number of halogens is 3. The minimum absolute atomic E-state index is 0.267. The van der Waals surface area contributed by atoms with Gasteiger partial charge in [0.1, 0.15) is 0 Å². The van der Waals surface area contributed by atoms with Gasteiger partial charge in [-0.05, 0) is 37.9 Å². The third kappa shape index (κ3) is 3.94. The zero-order valence-corrected chi connectivity index (χ0v) is 13.2. The van der Waals surface area contributed by atoms with Crippen molar-refractivity contribution in [1.29, 1.82) is 0 Å². The molecule has 2 aromatic rings. The number of carbonyl (C=O) groups is 1. The molecular formula is C16H19F3N4O. The number of hydrogen-bond acceptors (Lipinski definition) is 3. The van der Waals surface area contributed by atoms with E-state index in [2.05, 4.69) is 10.4 Å². The van der Waals surface area contributed by atoms with E-state index in [1.54, 1.807) is 25.1 Å². The molecular weight excluding hydrogens is 321 g/mol. The lowest BCUT2D eigenvalue weighted by molar-refractivity contribution is -0.143. The SMILES string of the molecule is Cc1ccccc1-n1ncc(C(=O)NCCCCN)c1C(F)(F)F. The zero-order chi connectivity index (χ0) is 17.7. The van der Waals surface area contributed by atoms with E-state index < -0.39 is 23.3 Å². The van der Waals surface area contributed by atoms with Gasteiger partial charge < -0.3 is 11.1 Å². The number of hydrogen-bond donors (Lipinski definition) is 2. The number of unbranched alkanes of at least 4 members (excludes halogenated alkanes) is 1. The van der Waals surface area contributed by atoms with Gasteiger partial charge in [-0.1, -0.05) is 18.2 Å². The molecule has 1 aromatic heterocycles. The molecule has 0 saturated heterocycles. The zero-order valence-electron chi connectivity index (χ0n) is 13.2. The number of rotatable bonds is 6. The maximum absolute atomic E-state index is 13.5. The fourth-order valence-electron chi connectivity index (χ4n) is 2.34. The highest BCUT2D eigenvalue weighted by molar-refractivity contribution is 5.95. The monoisotopic (exact) mass is 340 g/mol. The summed E-state index contributed by atoms with van der Waals surface area (Å²) in [4.78, 5) is 12.1. The average Bonchev–Trinajstić information content (AvgIpc) is 2.97. The second-order valence-corrected chi connectivity index (χ2v) is 5.35. The van der Waals surface area contributed by atoms with Crippen molar-refractivity contribution in [1.82, 2.24) is 15.1 Å². The van der Waals surface area contributed by atoms with Crippen LogP contribution in [-0.4, -0.2) is 28.8 Å². The summed E-state index contributed by atoms with van der Waals surface area (Å²) in [5.74, 6) is -0.792. The van der Waals surface area contributed by atoms with Crippen LogP contribution in [0.2, 0.25) is 0 Å². The molecule has 3 N–H and O–H groups in total. The van der Waals surface area contributed by atoms with Gasteiger partial charge in [0.2, 0.25) is 0 Å². The molecule has 8 heteroatoms. The van der Waals surface area contributed by atoms with Crippen LogP contribution in [0.1, 0.15) is 34.5 Å². The number of nitrogens with zero attached hydrogens (tertiary/aromatic N) is 2. The van der Waals surface area contributed by atoms with Crippen LogP contribution in [0, 0.1) is 6.92 Å². The van der Waals surface area contributed by atoms with E-state index in [4.69, 9.17) is 5.73 Å². The summed E-state index contributed by atoms with van der Waals surface area (Å²) in [5.41, 5.74) is 4.69.